The Morgan fingerprint density at radius 2 is 1.57 bits per heavy atom. The largest absolute Gasteiger partial charge is 0.311 e. The van der Waals surface area contributed by atoms with Gasteiger partial charge in [-0.1, -0.05) is 74.4 Å². The van der Waals surface area contributed by atoms with Crippen molar-refractivity contribution < 1.29 is 0 Å². The Morgan fingerprint density at radius 1 is 0.826 bits per heavy atom. The molecule has 0 aliphatic heterocycles. The first-order valence-corrected chi connectivity index (χ1v) is 7.49. The molecule has 0 spiro atoms. The van der Waals surface area contributed by atoms with Gasteiger partial charge < -0.3 is 4.90 Å². The van der Waals surface area contributed by atoms with Gasteiger partial charge in [0, 0.05) is 17.1 Å². The van der Waals surface area contributed by atoms with Gasteiger partial charge in [-0.15, -0.1) is 0 Å². The average Bonchev–Trinajstić information content (AvgIpc) is 2.61. The summed E-state index contributed by atoms with van der Waals surface area (Å²) in [4.78, 5) is 2.15. The molecule has 0 atom stereocenters. The SMILES string of the molecule is C=C/C=C\c1cccc(N(/C(C=C)=C/C=C)c2ccccc2)c1. The van der Waals surface area contributed by atoms with Gasteiger partial charge in [0.1, 0.15) is 0 Å². The Bertz CT molecular complexity index is 736. The summed E-state index contributed by atoms with van der Waals surface area (Å²) in [6.45, 7) is 11.5. The van der Waals surface area contributed by atoms with Crippen molar-refractivity contribution in [3.8, 4) is 0 Å². The van der Waals surface area contributed by atoms with Crippen molar-refractivity contribution in [1.29, 1.82) is 0 Å². The molecule has 0 aliphatic rings. The van der Waals surface area contributed by atoms with Crippen molar-refractivity contribution in [2.45, 2.75) is 0 Å². The summed E-state index contributed by atoms with van der Waals surface area (Å²) < 4.78 is 0. The zero-order valence-electron chi connectivity index (χ0n) is 13.2. The number of nitrogens with zero attached hydrogens (tertiary/aromatic N) is 1. The summed E-state index contributed by atoms with van der Waals surface area (Å²) in [6, 6.07) is 18.5. The molecule has 0 radical (unpaired) electrons. The molecule has 0 fully saturated rings. The Kier molecular flexibility index (Phi) is 5.96. The molecule has 0 N–H and O–H groups in total. The van der Waals surface area contributed by atoms with Crippen LogP contribution in [0.2, 0.25) is 0 Å². The number of para-hydroxylation sites is 1. The predicted octanol–water partition coefficient (Wildman–Crippen LogP) is 6.28. The van der Waals surface area contributed by atoms with Gasteiger partial charge >= 0.3 is 0 Å². The van der Waals surface area contributed by atoms with Crippen LogP contribution in [0.3, 0.4) is 0 Å². The summed E-state index contributed by atoms with van der Waals surface area (Å²) in [5, 5.41) is 0. The third-order valence-electron chi connectivity index (χ3n) is 3.32. The fraction of sp³-hybridized carbons (Fsp3) is 0. The lowest BCUT2D eigenvalue weighted by molar-refractivity contribution is 1.21. The number of hydrogen-bond donors (Lipinski definition) is 0. The highest BCUT2D eigenvalue weighted by atomic mass is 15.1. The third kappa shape index (κ3) is 4.21. The lowest BCUT2D eigenvalue weighted by Gasteiger charge is -2.26. The van der Waals surface area contributed by atoms with Crippen LogP contribution in [0.25, 0.3) is 6.08 Å². The van der Waals surface area contributed by atoms with Crippen molar-refractivity contribution in [3.63, 3.8) is 0 Å². The summed E-state index contributed by atoms with van der Waals surface area (Å²) in [6.07, 6.45) is 11.3. The summed E-state index contributed by atoms with van der Waals surface area (Å²) in [5.74, 6) is 0. The molecule has 0 saturated heterocycles. The molecule has 0 heterocycles. The number of hydrogen-bond acceptors (Lipinski definition) is 1. The van der Waals surface area contributed by atoms with E-state index in [1.807, 2.05) is 48.6 Å². The second-order valence-electron chi connectivity index (χ2n) is 4.89. The van der Waals surface area contributed by atoms with E-state index in [2.05, 4.69) is 55.0 Å². The smallest absolute Gasteiger partial charge is 0.0467 e. The molecular formula is C22H21N. The van der Waals surface area contributed by atoms with Crippen molar-refractivity contribution in [1.82, 2.24) is 0 Å². The molecule has 0 aromatic heterocycles. The first-order chi connectivity index (χ1) is 11.3. The third-order valence-corrected chi connectivity index (χ3v) is 3.32. The molecule has 0 bridgehead atoms. The second kappa shape index (κ2) is 8.40. The van der Waals surface area contributed by atoms with Crippen molar-refractivity contribution >= 4 is 17.5 Å². The number of benzene rings is 2. The van der Waals surface area contributed by atoms with Gasteiger partial charge in [-0.25, -0.2) is 0 Å². The maximum atomic E-state index is 3.94. The summed E-state index contributed by atoms with van der Waals surface area (Å²) >= 11 is 0. The van der Waals surface area contributed by atoms with Crippen molar-refractivity contribution in [2.24, 2.45) is 0 Å². The molecule has 23 heavy (non-hydrogen) atoms. The minimum absolute atomic E-state index is 0.969. The van der Waals surface area contributed by atoms with E-state index in [0.717, 1.165) is 22.6 Å². The van der Waals surface area contributed by atoms with Crippen LogP contribution in [0.4, 0.5) is 11.4 Å². The zero-order chi connectivity index (χ0) is 16.5. The zero-order valence-corrected chi connectivity index (χ0v) is 13.2. The van der Waals surface area contributed by atoms with E-state index in [-0.39, 0.29) is 0 Å². The minimum atomic E-state index is 0.969. The van der Waals surface area contributed by atoms with Crippen LogP contribution in [-0.4, -0.2) is 0 Å². The Morgan fingerprint density at radius 3 is 2.22 bits per heavy atom. The highest BCUT2D eigenvalue weighted by molar-refractivity contribution is 5.72. The molecule has 2 rings (SSSR count). The van der Waals surface area contributed by atoms with Gasteiger partial charge in [-0.3, -0.25) is 0 Å². The first-order valence-electron chi connectivity index (χ1n) is 7.49. The van der Waals surface area contributed by atoms with Crippen LogP contribution < -0.4 is 4.90 Å². The van der Waals surface area contributed by atoms with Crippen LogP contribution in [0.5, 0.6) is 0 Å². The quantitative estimate of drug-likeness (QED) is 0.544. The summed E-state index contributed by atoms with van der Waals surface area (Å²) in [7, 11) is 0. The molecular weight excluding hydrogens is 278 g/mol. The molecule has 0 amide bonds. The van der Waals surface area contributed by atoms with Gasteiger partial charge in [-0.2, -0.15) is 0 Å². The Labute approximate surface area is 138 Å². The first kappa shape index (κ1) is 16.3. The van der Waals surface area contributed by atoms with Gasteiger partial charge in [0.2, 0.25) is 0 Å². The minimum Gasteiger partial charge on any atom is -0.311 e. The van der Waals surface area contributed by atoms with E-state index in [0.29, 0.717) is 0 Å². The molecule has 0 aliphatic carbocycles. The van der Waals surface area contributed by atoms with Crippen LogP contribution in [0.15, 0.2) is 110 Å². The molecule has 114 valence electrons. The van der Waals surface area contributed by atoms with Crippen molar-refractivity contribution in [2.75, 3.05) is 4.90 Å². The Balaban J connectivity index is 2.56. The van der Waals surface area contributed by atoms with Crippen LogP contribution in [-0.2, 0) is 0 Å². The fourth-order valence-electron chi connectivity index (χ4n) is 2.33. The maximum absolute atomic E-state index is 3.94. The van der Waals surface area contributed by atoms with Gasteiger partial charge in [0.25, 0.3) is 0 Å². The van der Waals surface area contributed by atoms with E-state index in [9.17, 15) is 0 Å². The normalized spacial score (nSPS) is 11.2. The van der Waals surface area contributed by atoms with Crippen LogP contribution in [0, 0.1) is 0 Å². The lowest BCUT2D eigenvalue weighted by atomic mass is 10.1. The van der Waals surface area contributed by atoms with Gasteiger partial charge in [0.05, 0.1) is 0 Å². The van der Waals surface area contributed by atoms with Crippen LogP contribution in [0.1, 0.15) is 5.56 Å². The average molecular weight is 299 g/mol. The monoisotopic (exact) mass is 299 g/mol. The van der Waals surface area contributed by atoms with Gasteiger partial charge in [0.15, 0.2) is 0 Å². The number of rotatable bonds is 7. The fourth-order valence-corrected chi connectivity index (χ4v) is 2.33. The van der Waals surface area contributed by atoms with E-state index < -0.39 is 0 Å². The summed E-state index contributed by atoms with van der Waals surface area (Å²) in [5.41, 5.74) is 4.22. The van der Waals surface area contributed by atoms with Crippen molar-refractivity contribution in [3.05, 3.63) is 116 Å². The maximum Gasteiger partial charge on any atom is 0.0467 e. The molecule has 2 aromatic rings. The highest BCUT2D eigenvalue weighted by Crippen LogP contribution is 2.31. The molecule has 0 saturated carbocycles. The standard InChI is InChI=1S/C22H21N/c1-4-7-13-19-14-11-17-22(18-19)23(20(6-3)12-5-2)21-15-9-8-10-16-21/h4-18H,1-3H2/b13-7-,20-12+. The van der Waals surface area contributed by atoms with E-state index >= 15 is 0 Å². The molecule has 1 heteroatoms. The molecule has 1 nitrogen and oxygen atoms in total. The van der Waals surface area contributed by atoms with Crippen LogP contribution >= 0.6 is 0 Å². The Hall–Kier alpha value is -3.06. The topological polar surface area (TPSA) is 3.24 Å². The second-order valence-corrected chi connectivity index (χ2v) is 4.89. The molecule has 0 unspecified atom stereocenters. The van der Waals surface area contributed by atoms with E-state index in [1.165, 1.54) is 0 Å². The molecule has 2 aromatic carbocycles. The number of anilines is 2. The van der Waals surface area contributed by atoms with E-state index in [1.54, 1.807) is 12.2 Å². The predicted molar refractivity (Wildman–Crippen MR) is 103 cm³/mol. The number of allylic oxidation sites excluding steroid dienone is 5. The lowest BCUT2D eigenvalue weighted by Crippen LogP contribution is -2.14. The van der Waals surface area contributed by atoms with E-state index in [4.69, 9.17) is 0 Å². The highest BCUT2D eigenvalue weighted by Gasteiger charge is 2.12. The van der Waals surface area contributed by atoms with Gasteiger partial charge in [-0.05, 0) is 42.0 Å².